The predicted octanol–water partition coefficient (Wildman–Crippen LogP) is 4.46. The summed E-state index contributed by atoms with van der Waals surface area (Å²) in [6, 6.07) is 5.81. The van der Waals surface area contributed by atoms with Crippen LogP contribution in [0.2, 0.25) is 0 Å². The van der Waals surface area contributed by atoms with Crippen molar-refractivity contribution in [2.24, 2.45) is 17.8 Å². The minimum atomic E-state index is -0.0357. The van der Waals surface area contributed by atoms with E-state index in [1.807, 2.05) is 18.2 Å². The van der Waals surface area contributed by atoms with Crippen molar-refractivity contribution in [1.82, 2.24) is 10.1 Å². The minimum absolute atomic E-state index is 0.0357. The first-order valence-corrected chi connectivity index (χ1v) is 13.3. The highest BCUT2D eigenvalue weighted by molar-refractivity contribution is 5.88. The molecular formula is C27H38N2O6. The molecule has 1 aliphatic carbocycles. The van der Waals surface area contributed by atoms with Gasteiger partial charge in [0.2, 0.25) is 0 Å². The Kier molecular flexibility index (Phi) is 8.09. The van der Waals surface area contributed by atoms with E-state index >= 15 is 0 Å². The molecule has 2 saturated heterocycles. The van der Waals surface area contributed by atoms with Crippen LogP contribution in [0.4, 0.5) is 0 Å². The fourth-order valence-corrected chi connectivity index (χ4v) is 5.75. The van der Waals surface area contributed by atoms with Gasteiger partial charge in [-0.2, -0.15) is 0 Å². The van der Waals surface area contributed by atoms with Crippen LogP contribution in [0.3, 0.4) is 0 Å². The van der Waals surface area contributed by atoms with E-state index in [0.717, 1.165) is 95.4 Å². The van der Waals surface area contributed by atoms with E-state index < -0.39 is 0 Å². The van der Waals surface area contributed by atoms with Gasteiger partial charge >= 0.3 is 5.97 Å². The standard InChI is InChI=1S/C27H38N2O6/c1-31-27(30)21-7-5-19(6-8-21)17-29-13-9-20(10-14-29)18-33-26-25-23(3-2-4-24(25)35-28-26)34-22-11-15-32-16-12-22/h2-4,19-22H,5-18H2,1H3/t19-,21-. The Morgan fingerprint density at radius 2 is 1.80 bits per heavy atom. The average molecular weight is 487 g/mol. The van der Waals surface area contributed by atoms with Crippen molar-refractivity contribution in [3.63, 3.8) is 0 Å². The molecule has 0 radical (unpaired) electrons. The molecule has 8 nitrogen and oxygen atoms in total. The van der Waals surface area contributed by atoms with E-state index in [1.54, 1.807) is 0 Å². The van der Waals surface area contributed by atoms with Gasteiger partial charge in [0.15, 0.2) is 5.58 Å². The SMILES string of the molecule is COC(=O)[C@H]1CC[C@H](CN2CCC(COc3noc4cccc(OC5CCOCC5)c34)CC2)CC1. The van der Waals surface area contributed by atoms with Gasteiger partial charge in [0.05, 0.1) is 32.8 Å². The number of hydrogen-bond donors (Lipinski definition) is 0. The van der Waals surface area contributed by atoms with E-state index in [0.29, 0.717) is 29.9 Å². The van der Waals surface area contributed by atoms with Crippen molar-refractivity contribution in [3.05, 3.63) is 18.2 Å². The zero-order valence-electron chi connectivity index (χ0n) is 20.8. The summed E-state index contributed by atoms with van der Waals surface area (Å²) < 4.78 is 28.4. The summed E-state index contributed by atoms with van der Waals surface area (Å²) in [6.07, 6.45) is 8.36. The average Bonchev–Trinajstić information content (AvgIpc) is 3.33. The van der Waals surface area contributed by atoms with Crippen LogP contribution in [0.25, 0.3) is 11.0 Å². The molecule has 1 aromatic carbocycles. The maximum Gasteiger partial charge on any atom is 0.308 e. The van der Waals surface area contributed by atoms with Crippen LogP contribution in [0.1, 0.15) is 51.4 Å². The van der Waals surface area contributed by atoms with Crippen molar-refractivity contribution >= 4 is 16.9 Å². The minimum Gasteiger partial charge on any atom is -0.489 e. The van der Waals surface area contributed by atoms with Crippen LogP contribution in [0.5, 0.6) is 11.6 Å². The molecule has 192 valence electrons. The Balaban J connectivity index is 1.09. The number of likely N-dealkylation sites (tertiary alicyclic amines) is 1. The summed E-state index contributed by atoms with van der Waals surface area (Å²) in [5.41, 5.74) is 0.696. The highest BCUT2D eigenvalue weighted by Gasteiger charge is 2.29. The molecule has 0 N–H and O–H groups in total. The second-order valence-electron chi connectivity index (χ2n) is 10.3. The smallest absolute Gasteiger partial charge is 0.308 e. The zero-order chi connectivity index (χ0) is 24.0. The normalized spacial score (nSPS) is 24.9. The van der Waals surface area contributed by atoms with Gasteiger partial charge in [-0.3, -0.25) is 4.79 Å². The van der Waals surface area contributed by atoms with Gasteiger partial charge in [-0.15, -0.1) is 0 Å². The zero-order valence-corrected chi connectivity index (χ0v) is 20.8. The third-order valence-corrected chi connectivity index (χ3v) is 7.95. The number of nitrogens with zero attached hydrogens (tertiary/aromatic N) is 2. The highest BCUT2D eigenvalue weighted by Crippen LogP contribution is 2.36. The maximum absolute atomic E-state index is 11.8. The first kappa shape index (κ1) is 24.4. The number of piperidine rings is 1. The van der Waals surface area contributed by atoms with E-state index in [1.165, 1.54) is 7.11 Å². The molecule has 0 atom stereocenters. The summed E-state index contributed by atoms with van der Waals surface area (Å²) in [4.78, 5) is 14.3. The number of ether oxygens (including phenoxy) is 4. The molecule has 1 aromatic heterocycles. The molecule has 35 heavy (non-hydrogen) atoms. The molecule has 3 heterocycles. The number of hydrogen-bond acceptors (Lipinski definition) is 8. The summed E-state index contributed by atoms with van der Waals surface area (Å²) in [7, 11) is 1.49. The Morgan fingerprint density at radius 1 is 1.03 bits per heavy atom. The second-order valence-corrected chi connectivity index (χ2v) is 10.3. The Morgan fingerprint density at radius 3 is 2.54 bits per heavy atom. The molecule has 0 bridgehead atoms. The molecule has 0 amide bonds. The van der Waals surface area contributed by atoms with Gasteiger partial charge < -0.3 is 28.4 Å². The Labute approximate surface area is 207 Å². The fourth-order valence-electron chi connectivity index (χ4n) is 5.75. The van der Waals surface area contributed by atoms with Crippen molar-refractivity contribution in [1.29, 1.82) is 0 Å². The highest BCUT2D eigenvalue weighted by atomic mass is 16.5. The van der Waals surface area contributed by atoms with E-state index in [-0.39, 0.29) is 18.0 Å². The molecular weight excluding hydrogens is 448 g/mol. The van der Waals surface area contributed by atoms with Crippen LogP contribution in [-0.2, 0) is 14.3 Å². The summed E-state index contributed by atoms with van der Waals surface area (Å²) in [5.74, 6) is 2.59. The van der Waals surface area contributed by atoms with E-state index in [9.17, 15) is 4.79 Å². The molecule has 3 aliphatic rings. The summed E-state index contributed by atoms with van der Waals surface area (Å²) in [5, 5.41) is 5.04. The molecule has 0 unspecified atom stereocenters. The lowest BCUT2D eigenvalue weighted by Crippen LogP contribution is -2.39. The lowest BCUT2D eigenvalue weighted by Gasteiger charge is -2.36. The number of benzene rings is 1. The third-order valence-electron chi connectivity index (χ3n) is 7.95. The molecule has 2 aromatic rings. The van der Waals surface area contributed by atoms with Gasteiger partial charge in [0.1, 0.15) is 17.2 Å². The van der Waals surface area contributed by atoms with Crippen molar-refractivity contribution in [3.8, 4) is 11.6 Å². The molecule has 0 spiro atoms. The summed E-state index contributed by atoms with van der Waals surface area (Å²) >= 11 is 0. The van der Waals surface area contributed by atoms with Gasteiger partial charge in [-0.05, 0) is 80.7 Å². The molecule has 1 saturated carbocycles. The number of methoxy groups -OCH3 is 1. The number of fused-ring (bicyclic) bond motifs is 1. The monoisotopic (exact) mass is 486 g/mol. The lowest BCUT2D eigenvalue weighted by atomic mass is 9.81. The van der Waals surface area contributed by atoms with Crippen molar-refractivity contribution in [2.75, 3.05) is 46.6 Å². The predicted molar refractivity (Wildman–Crippen MR) is 131 cm³/mol. The van der Waals surface area contributed by atoms with Crippen molar-refractivity contribution in [2.45, 2.75) is 57.5 Å². The number of esters is 1. The van der Waals surface area contributed by atoms with Gasteiger partial charge in [0.25, 0.3) is 5.88 Å². The van der Waals surface area contributed by atoms with Gasteiger partial charge in [0, 0.05) is 19.4 Å². The lowest BCUT2D eigenvalue weighted by molar-refractivity contribution is -0.146. The molecule has 3 fully saturated rings. The fraction of sp³-hybridized carbons (Fsp3) is 0.704. The first-order valence-electron chi connectivity index (χ1n) is 13.3. The van der Waals surface area contributed by atoms with Crippen LogP contribution in [0.15, 0.2) is 22.7 Å². The van der Waals surface area contributed by atoms with E-state index in [4.69, 9.17) is 23.5 Å². The maximum atomic E-state index is 11.8. The van der Waals surface area contributed by atoms with Crippen molar-refractivity contribution < 1.29 is 28.3 Å². The number of carbonyl (C=O) groups is 1. The third kappa shape index (κ3) is 6.09. The Hall–Kier alpha value is -2.32. The van der Waals surface area contributed by atoms with Crippen LogP contribution < -0.4 is 9.47 Å². The number of carbonyl (C=O) groups excluding carboxylic acids is 1. The summed E-state index contributed by atoms with van der Waals surface area (Å²) in [6.45, 7) is 5.46. The van der Waals surface area contributed by atoms with E-state index in [2.05, 4.69) is 10.1 Å². The quantitative estimate of drug-likeness (QED) is 0.506. The van der Waals surface area contributed by atoms with Crippen LogP contribution in [0, 0.1) is 17.8 Å². The van der Waals surface area contributed by atoms with Gasteiger partial charge in [-0.25, -0.2) is 0 Å². The number of rotatable bonds is 8. The number of aromatic nitrogens is 1. The van der Waals surface area contributed by atoms with Gasteiger partial charge in [-0.1, -0.05) is 6.07 Å². The topological polar surface area (TPSA) is 83.3 Å². The largest absolute Gasteiger partial charge is 0.489 e. The van der Waals surface area contributed by atoms with Crippen LogP contribution in [-0.4, -0.2) is 68.7 Å². The first-order chi connectivity index (χ1) is 17.2. The molecule has 2 aliphatic heterocycles. The molecule has 8 heteroatoms. The second kappa shape index (κ2) is 11.6. The molecule has 5 rings (SSSR count). The van der Waals surface area contributed by atoms with Crippen LogP contribution >= 0.6 is 0 Å². The Bertz CT molecular complexity index is 956.